The molecule has 2 aromatic carbocycles. The van der Waals surface area contributed by atoms with Crippen LogP contribution in [-0.2, 0) is 4.79 Å². The SMILES string of the molecule is O=Cc1ccc(-c2ccc(C3CCC(C4SC(=O)NC4=O)CC3)cc2)cc1. The first-order valence-electron chi connectivity index (χ1n) is 9.31. The first-order chi connectivity index (χ1) is 13.1. The predicted octanol–water partition coefficient (Wildman–Crippen LogP) is 4.79. The molecule has 138 valence electrons. The fourth-order valence-electron chi connectivity index (χ4n) is 4.14. The second-order valence-corrected chi connectivity index (χ2v) is 8.40. The highest BCUT2D eigenvalue weighted by atomic mass is 32.2. The summed E-state index contributed by atoms with van der Waals surface area (Å²) >= 11 is 1.16. The normalized spacial score (nSPS) is 25.3. The molecule has 1 aliphatic heterocycles. The Balaban J connectivity index is 1.39. The maximum absolute atomic E-state index is 11.9. The highest BCUT2D eigenvalue weighted by Gasteiger charge is 2.39. The van der Waals surface area contributed by atoms with Crippen molar-refractivity contribution in [1.29, 1.82) is 0 Å². The Morgan fingerprint density at radius 1 is 0.852 bits per heavy atom. The molecule has 0 radical (unpaired) electrons. The minimum atomic E-state index is -0.205. The lowest BCUT2D eigenvalue weighted by Gasteiger charge is -2.30. The summed E-state index contributed by atoms with van der Waals surface area (Å²) in [5, 5.41) is 2.00. The molecule has 0 spiro atoms. The molecule has 0 aromatic heterocycles. The third-order valence-electron chi connectivity index (χ3n) is 5.68. The fraction of sp³-hybridized carbons (Fsp3) is 0.318. The molecule has 1 saturated carbocycles. The van der Waals surface area contributed by atoms with Crippen molar-refractivity contribution in [1.82, 2.24) is 5.32 Å². The van der Waals surface area contributed by atoms with Crippen molar-refractivity contribution in [2.75, 3.05) is 0 Å². The molecular weight excluding hydrogens is 358 g/mol. The van der Waals surface area contributed by atoms with Crippen LogP contribution in [0.2, 0.25) is 0 Å². The first kappa shape index (κ1) is 18.0. The number of rotatable bonds is 4. The molecule has 1 heterocycles. The smallest absolute Gasteiger partial charge is 0.286 e. The summed E-state index contributed by atoms with van der Waals surface area (Å²) in [6.45, 7) is 0. The molecule has 1 atom stereocenters. The molecule has 5 heteroatoms. The number of imide groups is 1. The number of aldehydes is 1. The quantitative estimate of drug-likeness (QED) is 0.776. The van der Waals surface area contributed by atoms with Crippen LogP contribution in [0, 0.1) is 5.92 Å². The molecule has 1 N–H and O–H groups in total. The van der Waals surface area contributed by atoms with E-state index in [1.54, 1.807) is 0 Å². The largest absolute Gasteiger partial charge is 0.298 e. The molecule has 4 nitrogen and oxygen atoms in total. The molecule has 1 aliphatic carbocycles. The van der Waals surface area contributed by atoms with Crippen LogP contribution in [0.4, 0.5) is 4.79 Å². The maximum Gasteiger partial charge on any atom is 0.286 e. The summed E-state index contributed by atoms with van der Waals surface area (Å²) in [6.07, 6.45) is 4.93. The van der Waals surface area contributed by atoms with Gasteiger partial charge in [-0.05, 0) is 54.2 Å². The molecule has 4 rings (SSSR count). The van der Waals surface area contributed by atoms with E-state index in [4.69, 9.17) is 0 Å². The van der Waals surface area contributed by atoms with E-state index in [0.717, 1.165) is 54.9 Å². The Bertz CT molecular complexity index is 852. The number of carbonyl (C=O) groups is 3. The summed E-state index contributed by atoms with van der Waals surface area (Å²) in [7, 11) is 0. The molecule has 1 saturated heterocycles. The van der Waals surface area contributed by atoms with E-state index >= 15 is 0 Å². The highest BCUT2D eigenvalue weighted by molar-refractivity contribution is 8.15. The summed E-state index contributed by atoms with van der Waals surface area (Å²) in [5.41, 5.74) is 4.26. The summed E-state index contributed by atoms with van der Waals surface area (Å²) in [6, 6.07) is 16.2. The van der Waals surface area contributed by atoms with Gasteiger partial charge in [-0.2, -0.15) is 0 Å². The van der Waals surface area contributed by atoms with Crippen molar-refractivity contribution < 1.29 is 14.4 Å². The van der Waals surface area contributed by atoms with Gasteiger partial charge in [0.1, 0.15) is 6.29 Å². The minimum absolute atomic E-state index is 0.113. The second kappa shape index (κ2) is 7.69. The predicted molar refractivity (Wildman–Crippen MR) is 107 cm³/mol. The van der Waals surface area contributed by atoms with Gasteiger partial charge >= 0.3 is 0 Å². The lowest BCUT2D eigenvalue weighted by molar-refractivity contribution is -0.120. The monoisotopic (exact) mass is 379 g/mol. The average Bonchev–Trinajstić information content (AvgIpc) is 3.06. The Morgan fingerprint density at radius 2 is 1.44 bits per heavy atom. The zero-order valence-electron chi connectivity index (χ0n) is 14.9. The van der Waals surface area contributed by atoms with Gasteiger partial charge in [-0.3, -0.25) is 19.7 Å². The molecule has 0 bridgehead atoms. The Labute approximate surface area is 162 Å². The number of amides is 2. The van der Waals surface area contributed by atoms with Gasteiger partial charge in [0.2, 0.25) is 5.91 Å². The van der Waals surface area contributed by atoms with Crippen molar-refractivity contribution in [2.24, 2.45) is 5.92 Å². The Kier molecular flexibility index (Phi) is 5.12. The third kappa shape index (κ3) is 3.83. The van der Waals surface area contributed by atoms with Crippen LogP contribution in [0.15, 0.2) is 48.5 Å². The van der Waals surface area contributed by atoms with Crippen LogP contribution in [0.5, 0.6) is 0 Å². The molecule has 2 amide bonds. The van der Waals surface area contributed by atoms with E-state index in [1.165, 1.54) is 5.56 Å². The zero-order chi connectivity index (χ0) is 18.8. The van der Waals surface area contributed by atoms with Crippen molar-refractivity contribution in [3.05, 3.63) is 59.7 Å². The molecule has 1 unspecified atom stereocenters. The fourth-order valence-corrected chi connectivity index (χ4v) is 5.16. The van der Waals surface area contributed by atoms with Crippen LogP contribution >= 0.6 is 11.8 Å². The first-order valence-corrected chi connectivity index (χ1v) is 10.2. The van der Waals surface area contributed by atoms with Crippen LogP contribution in [0.1, 0.15) is 47.5 Å². The minimum Gasteiger partial charge on any atom is -0.298 e. The zero-order valence-corrected chi connectivity index (χ0v) is 15.7. The number of thioether (sulfide) groups is 1. The molecule has 27 heavy (non-hydrogen) atoms. The van der Waals surface area contributed by atoms with E-state index in [9.17, 15) is 14.4 Å². The van der Waals surface area contributed by atoms with Crippen LogP contribution in [0.25, 0.3) is 11.1 Å². The molecule has 2 fully saturated rings. The van der Waals surface area contributed by atoms with Gasteiger partial charge in [-0.15, -0.1) is 0 Å². The van der Waals surface area contributed by atoms with E-state index in [1.807, 2.05) is 24.3 Å². The Hall–Kier alpha value is -2.40. The van der Waals surface area contributed by atoms with Crippen LogP contribution in [0.3, 0.4) is 0 Å². The van der Waals surface area contributed by atoms with Crippen molar-refractivity contribution in [2.45, 2.75) is 36.9 Å². The number of benzene rings is 2. The maximum atomic E-state index is 11.9. The van der Waals surface area contributed by atoms with Gasteiger partial charge in [0, 0.05) is 5.56 Å². The highest BCUT2D eigenvalue weighted by Crippen LogP contribution is 2.41. The summed E-state index contributed by atoms with van der Waals surface area (Å²) in [5.74, 6) is 0.699. The number of carbonyl (C=O) groups excluding carboxylic acids is 3. The van der Waals surface area contributed by atoms with E-state index in [2.05, 4.69) is 29.6 Å². The van der Waals surface area contributed by atoms with E-state index < -0.39 is 0 Å². The van der Waals surface area contributed by atoms with Gasteiger partial charge in [-0.1, -0.05) is 60.3 Å². The number of nitrogens with one attached hydrogen (secondary N) is 1. The van der Waals surface area contributed by atoms with Crippen LogP contribution < -0.4 is 5.32 Å². The standard InChI is InChI=1S/C22H21NO3S/c24-13-14-1-3-15(4-2-14)16-5-7-17(8-6-16)18-9-11-19(12-10-18)20-21(25)23-22(26)27-20/h1-8,13,18-20H,9-12H2,(H,23,25,26). The summed E-state index contributed by atoms with van der Waals surface area (Å²) in [4.78, 5) is 34.0. The third-order valence-corrected chi connectivity index (χ3v) is 6.85. The van der Waals surface area contributed by atoms with Crippen molar-refractivity contribution >= 4 is 29.2 Å². The topological polar surface area (TPSA) is 63.2 Å². The second-order valence-electron chi connectivity index (χ2n) is 7.29. The Morgan fingerprint density at radius 3 is 1.96 bits per heavy atom. The molecular formula is C22H21NO3S. The summed E-state index contributed by atoms with van der Waals surface area (Å²) < 4.78 is 0. The lowest BCUT2D eigenvalue weighted by atomic mass is 9.77. The lowest BCUT2D eigenvalue weighted by Crippen LogP contribution is -2.31. The van der Waals surface area contributed by atoms with Gasteiger partial charge < -0.3 is 0 Å². The van der Waals surface area contributed by atoms with E-state index in [-0.39, 0.29) is 16.4 Å². The van der Waals surface area contributed by atoms with Crippen LogP contribution in [-0.4, -0.2) is 22.7 Å². The van der Waals surface area contributed by atoms with E-state index in [0.29, 0.717) is 17.4 Å². The molecule has 2 aromatic rings. The van der Waals surface area contributed by atoms with Crippen molar-refractivity contribution in [3.8, 4) is 11.1 Å². The van der Waals surface area contributed by atoms with Crippen molar-refractivity contribution in [3.63, 3.8) is 0 Å². The number of hydrogen-bond donors (Lipinski definition) is 1. The van der Waals surface area contributed by atoms with Gasteiger partial charge in [0.15, 0.2) is 0 Å². The van der Waals surface area contributed by atoms with Gasteiger partial charge in [0.25, 0.3) is 5.24 Å². The van der Waals surface area contributed by atoms with Gasteiger partial charge in [0.05, 0.1) is 5.25 Å². The molecule has 2 aliphatic rings. The number of hydrogen-bond acceptors (Lipinski definition) is 4. The average molecular weight is 379 g/mol. The van der Waals surface area contributed by atoms with Gasteiger partial charge in [-0.25, -0.2) is 0 Å².